The fourth-order valence-electron chi connectivity index (χ4n) is 1.47. The summed E-state index contributed by atoms with van der Waals surface area (Å²) in [5.41, 5.74) is 0. The Labute approximate surface area is 118 Å². The molecule has 7 nitrogen and oxygen atoms in total. The number of esters is 1. The number of hydrogen-bond acceptors (Lipinski definition) is 5. The molecule has 0 aromatic carbocycles. The van der Waals surface area contributed by atoms with E-state index in [0.717, 1.165) is 0 Å². The number of amides is 1. The molecule has 0 saturated carbocycles. The maximum Gasteiger partial charge on any atom is 0.326 e. The van der Waals surface area contributed by atoms with Gasteiger partial charge in [-0.1, -0.05) is 0 Å². The summed E-state index contributed by atoms with van der Waals surface area (Å²) in [4.78, 5) is 33.8. The van der Waals surface area contributed by atoms with E-state index in [4.69, 9.17) is 14.6 Å². The molecule has 2 N–H and O–H groups in total. The van der Waals surface area contributed by atoms with Gasteiger partial charge in [-0.25, -0.2) is 4.79 Å². The second-order valence-corrected chi connectivity index (χ2v) is 4.39. The van der Waals surface area contributed by atoms with Crippen LogP contribution in [0.15, 0.2) is 0 Å². The van der Waals surface area contributed by atoms with Gasteiger partial charge in [-0.05, 0) is 26.7 Å². The first-order valence-corrected chi connectivity index (χ1v) is 6.61. The minimum atomic E-state index is -1.16. The van der Waals surface area contributed by atoms with Crippen molar-refractivity contribution in [2.75, 3.05) is 13.7 Å². The predicted molar refractivity (Wildman–Crippen MR) is 71.1 cm³/mol. The molecule has 0 aliphatic heterocycles. The molecular formula is C13H23NO6. The van der Waals surface area contributed by atoms with E-state index >= 15 is 0 Å². The van der Waals surface area contributed by atoms with Crippen molar-refractivity contribution in [2.24, 2.45) is 0 Å². The zero-order valence-electron chi connectivity index (χ0n) is 12.2. The Hall–Kier alpha value is -1.63. The van der Waals surface area contributed by atoms with Gasteiger partial charge in [0.2, 0.25) is 5.91 Å². The highest BCUT2D eigenvalue weighted by atomic mass is 16.5. The molecule has 0 aliphatic carbocycles. The molecule has 0 bridgehead atoms. The van der Waals surface area contributed by atoms with E-state index in [9.17, 15) is 14.4 Å². The zero-order valence-corrected chi connectivity index (χ0v) is 12.2. The van der Waals surface area contributed by atoms with Gasteiger partial charge in [0, 0.05) is 20.0 Å². The number of carbonyl (C=O) groups is 3. The minimum Gasteiger partial charge on any atom is -0.480 e. The summed E-state index contributed by atoms with van der Waals surface area (Å²) < 4.78 is 9.71. The number of nitrogens with one attached hydrogen (secondary N) is 1. The predicted octanol–water partition coefficient (Wildman–Crippen LogP) is 0.714. The highest BCUT2D eigenvalue weighted by molar-refractivity contribution is 5.84. The Balaban J connectivity index is 4.16. The first kappa shape index (κ1) is 18.4. The molecule has 0 fully saturated rings. The summed E-state index contributed by atoms with van der Waals surface area (Å²) in [6.45, 7) is 3.74. The van der Waals surface area contributed by atoms with Gasteiger partial charge >= 0.3 is 11.9 Å². The van der Waals surface area contributed by atoms with E-state index in [1.165, 1.54) is 0 Å². The van der Waals surface area contributed by atoms with Crippen molar-refractivity contribution in [3.63, 3.8) is 0 Å². The van der Waals surface area contributed by atoms with E-state index in [1.807, 2.05) is 6.92 Å². The Bertz CT molecular complexity index is 331. The van der Waals surface area contributed by atoms with Crippen molar-refractivity contribution >= 4 is 17.8 Å². The van der Waals surface area contributed by atoms with Crippen LogP contribution in [0.25, 0.3) is 0 Å². The van der Waals surface area contributed by atoms with E-state index in [2.05, 4.69) is 5.32 Å². The molecule has 2 atom stereocenters. The first-order chi connectivity index (χ1) is 9.40. The molecule has 0 aliphatic rings. The van der Waals surface area contributed by atoms with Crippen molar-refractivity contribution in [1.29, 1.82) is 0 Å². The highest BCUT2D eigenvalue weighted by Gasteiger charge is 2.21. The Morgan fingerprint density at radius 3 is 2.35 bits per heavy atom. The molecule has 0 saturated heterocycles. The van der Waals surface area contributed by atoms with Gasteiger partial charge < -0.3 is 19.9 Å². The highest BCUT2D eigenvalue weighted by Crippen LogP contribution is 2.03. The number of carboxylic acid groups (broad SMARTS) is 1. The summed E-state index contributed by atoms with van der Waals surface area (Å²) in [7, 11) is 1.54. The molecule has 1 unspecified atom stereocenters. The van der Waals surface area contributed by atoms with Gasteiger partial charge in [0.05, 0.1) is 12.7 Å². The summed E-state index contributed by atoms with van der Waals surface area (Å²) >= 11 is 0. The third-order valence-electron chi connectivity index (χ3n) is 2.76. The van der Waals surface area contributed by atoms with Gasteiger partial charge in [0.25, 0.3) is 0 Å². The van der Waals surface area contributed by atoms with E-state index in [0.29, 0.717) is 6.42 Å². The fraction of sp³-hybridized carbons (Fsp3) is 0.769. The van der Waals surface area contributed by atoms with Gasteiger partial charge in [0.1, 0.15) is 6.04 Å². The molecule has 116 valence electrons. The zero-order chi connectivity index (χ0) is 15.5. The van der Waals surface area contributed by atoms with Crippen LogP contribution in [0.2, 0.25) is 0 Å². The number of rotatable bonds is 10. The Morgan fingerprint density at radius 2 is 1.85 bits per heavy atom. The second-order valence-electron chi connectivity index (χ2n) is 4.39. The largest absolute Gasteiger partial charge is 0.480 e. The lowest BCUT2D eigenvalue weighted by atomic mass is 10.1. The summed E-state index contributed by atoms with van der Waals surface area (Å²) in [5, 5.41) is 11.4. The van der Waals surface area contributed by atoms with Crippen molar-refractivity contribution in [3.8, 4) is 0 Å². The number of ether oxygens (including phenoxy) is 2. The lowest BCUT2D eigenvalue weighted by Gasteiger charge is -2.15. The maximum atomic E-state index is 11.6. The van der Waals surface area contributed by atoms with E-state index in [1.54, 1.807) is 14.0 Å². The van der Waals surface area contributed by atoms with Crippen LogP contribution in [0.3, 0.4) is 0 Å². The third-order valence-corrected chi connectivity index (χ3v) is 2.76. The SMILES string of the molecule is CCOC(=O)CC[C@H](NC(=O)CCC(C)OC)C(=O)O. The molecule has 0 spiro atoms. The monoisotopic (exact) mass is 289 g/mol. The van der Waals surface area contributed by atoms with Crippen LogP contribution in [0.5, 0.6) is 0 Å². The Kier molecular flexibility index (Phi) is 9.36. The number of aliphatic carboxylic acids is 1. The maximum absolute atomic E-state index is 11.6. The van der Waals surface area contributed by atoms with Crippen LogP contribution >= 0.6 is 0 Å². The van der Waals surface area contributed by atoms with Crippen LogP contribution in [0, 0.1) is 0 Å². The van der Waals surface area contributed by atoms with Crippen LogP contribution < -0.4 is 5.32 Å². The molecule has 0 heterocycles. The van der Waals surface area contributed by atoms with E-state index in [-0.39, 0.29) is 37.9 Å². The van der Waals surface area contributed by atoms with Gasteiger partial charge in [-0.15, -0.1) is 0 Å². The van der Waals surface area contributed by atoms with Crippen LogP contribution in [-0.2, 0) is 23.9 Å². The van der Waals surface area contributed by atoms with Gasteiger partial charge in [-0.3, -0.25) is 9.59 Å². The molecule has 7 heteroatoms. The van der Waals surface area contributed by atoms with Crippen LogP contribution in [0.1, 0.15) is 39.5 Å². The molecule has 0 radical (unpaired) electrons. The van der Waals surface area contributed by atoms with Crippen LogP contribution in [0.4, 0.5) is 0 Å². The standard InChI is InChI=1S/C13H23NO6/c1-4-20-12(16)8-6-10(13(17)18)14-11(15)7-5-9(2)19-3/h9-10H,4-8H2,1-3H3,(H,14,15)(H,17,18)/t9?,10-/m0/s1. The smallest absolute Gasteiger partial charge is 0.326 e. The number of hydrogen-bond donors (Lipinski definition) is 2. The summed E-state index contributed by atoms with van der Waals surface area (Å²) in [6, 6.07) is -1.08. The number of methoxy groups -OCH3 is 1. The average Bonchev–Trinajstić information content (AvgIpc) is 2.40. The number of carboxylic acids is 1. The summed E-state index contributed by atoms with van der Waals surface area (Å²) in [5.74, 6) is -2.01. The second kappa shape index (κ2) is 10.2. The summed E-state index contributed by atoms with van der Waals surface area (Å²) in [6.07, 6.45) is 0.591. The molecule has 0 aromatic heterocycles. The number of carbonyl (C=O) groups excluding carboxylic acids is 2. The van der Waals surface area contributed by atoms with Crippen LogP contribution in [-0.4, -0.2) is 48.8 Å². The quantitative estimate of drug-likeness (QED) is 0.574. The lowest BCUT2D eigenvalue weighted by molar-refractivity contribution is -0.145. The molecular weight excluding hydrogens is 266 g/mol. The van der Waals surface area contributed by atoms with Gasteiger partial charge in [-0.2, -0.15) is 0 Å². The van der Waals surface area contributed by atoms with Gasteiger partial charge in [0.15, 0.2) is 0 Å². The van der Waals surface area contributed by atoms with Crippen molar-refractivity contribution in [3.05, 3.63) is 0 Å². The third kappa shape index (κ3) is 8.47. The Morgan fingerprint density at radius 1 is 1.20 bits per heavy atom. The first-order valence-electron chi connectivity index (χ1n) is 6.61. The van der Waals surface area contributed by atoms with Crippen molar-refractivity contribution in [2.45, 2.75) is 51.7 Å². The molecule has 20 heavy (non-hydrogen) atoms. The lowest BCUT2D eigenvalue weighted by Crippen LogP contribution is -2.41. The van der Waals surface area contributed by atoms with E-state index < -0.39 is 18.0 Å². The fourth-order valence-corrected chi connectivity index (χ4v) is 1.47. The normalized spacial score (nSPS) is 13.3. The topological polar surface area (TPSA) is 102 Å². The average molecular weight is 289 g/mol. The van der Waals surface area contributed by atoms with Crippen molar-refractivity contribution < 1.29 is 29.0 Å². The molecule has 0 aromatic rings. The molecule has 1 amide bonds. The van der Waals surface area contributed by atoms with Crippen molar-refractivity contribution in [1.82, 2.24) is 5.32 Å². The molecule has 0 rings (SSSR count). The minimum absolute atomic E-state index is 0.0136.